The molecule has 0 spiro atoms. The number of hydrogen-bond donors (Lipinski definition) is 1. The summed E-state index contributed by atoms with van der Waals surface area (Å²) in [6.07, 6.45) is 0. The molecule has 0 amide bonds. The number of morpholine rings is 2. The molecular formula is C26H27F4N5O6. The third kappa shape index (κ3) is 9.01. The Labute approximate surface area is 232 Å². The molecule has 0 saturated carbocycles. The Kier molecular flexibility index (Phi) is 11.2. The van der Waals surface area contributed by atoms with Crippen molar-refractivity contribution in [2.75, 3.05) is 68.1 Å². The fourth-order valence-electron chi connectivity index (χ4n) is 3.85. The van der Waals surface area contributed by atoms with E-state index < -0.39 is 33.0 Å². The fourth-order valence-corrected chi connectivity index (χ4v) is 3.85. The number of hydrogen-bond acceptors (Lipinski definition) is 9. The van der Waals surface area contributed by atoms with Crippen LogP contribution in [0, 0.1) is 43.5 Å². The quantitative estimate of drug-likeness (QED) is 0.201. The van der Waals surface area contributed by atoms with E-state index in [-0.39, 0.29) is 11.5 Å². The lowest BCUT2D eigenvalue weighted by atomic mass is 10.2. The van der Waals surface area contributed by atoms with Crippen LogP contribution in [0.5, 0.6) is 0 Å². The molecule has 0 aromatic heterocycles. The van der Waals surface area contributed by atoms with Crippen LogP contribution >= 0.6 is 0 Å². The minimum atomic E-state index is -1.21. The Hall–Kier alpha value is -4.50. The zero-order chi connectivity index (χ0) is 29.9. The highest BCUT2D eigenvalue weighted by Crippen LogP contribution is 2.25. The van der Waals surface area contributed by atoms with Crippen LogP contribution in [0.15, 0.2) is 54.6 Å². The van der Waals surface area contributed by atoms with E-state index in [2.05, 4.69) is 0 Å². The van der Waals surface area contributed by atoms with E-state index >= 15 is 0 Å². The first-order valence-electron chi connectivity index (χ1n) is 12.3. The molecule has 0 radical (unpaired) electrons. The molecule has 15 heteroatoms. The van der Waals surface area contributed by atoms with Crippen LogP contribution in [-0.4, -0.2) is 62.5 Å². The van der Waals surface area contributed by atoms with E-state index in [1.807, 2.05) is 9.80 Å². The van der Waals surface area contributed by atoms with Gasteiger partial charge in [-0.3, -0.25) is 20.2 Å². The van der Waals surface area contributed by atoms with Crippen molar-refractivity contribution >= 4 is 28.4 Å². The second kappa shape index (κ2) is 14.8. The molecule has 2 aliphatic rings. The van der Waals surface area contributed by atoms with Crippen molar-refractivity contribution in [1.82, 2.24) is 0 Å². The van der Waals surface area contributed by atoms with E-state index in [0.29, 0.717) is 68.7 Å². The molecule has 3 aromatic rings. The smallest absolute Gasteiger partial charge is 0.272 e. The summed E-state index contributed by atoms with van der Waals surface area (Å²) in [4.78, 5) is 22.8. The number of anilines is 3. The number of nitro benzene ring substituents is 2. The Morgan fingerprint density at radius 1 is 0.610 bits per heavy atom. The summed E-state index contributed by atoms with van der Waals surface area (Å²) in [5, 5.41) is 20.4. The highest BCUT2D eigenvalue weighted by Gasteiger charge is 2.18. The van der Waals surface area contributed by atoms with Gasteiger partial charge in [0.05, 0.1) is 59.8 Å². The molecule has 11 nitrogen and oxygen atoms in total. The largest absolute Gasteiger partial charge is 0.399 e. The second-order valence-corrected chi connectivity index (χ2v) is 8.66. The first kappa shape index (κ1) is 31.0. The summed E-state index contributed by atoms with van der Waals surface area (Å²) in [7, 11) is 0. The molecule has 5 rings (SSSR count). The van der Waals surface area contributed by atoms with Crippen LogP contribution < -0.4 is 15.5 Å². The molecule has 2 N–H and O–H groups in total. The number of nitrogen functional groups attached to an aromatic ring is 1. The molecule has 2 aliphatic heterocycles. The van der Waals surface area contributed by atoms with Gasteiger partial charge < -0.3 is 25.0 Å². The van der Waals surface area contributed by atoms with Gasteiger partial charge in [-0.25, -0.2) is 17.6 Å². The van der Waals surface area contributed by atoms with Gasteiger partial charge in [-0.1, -0.05) is 0 Å². The van der Waals surface area contributed by atoms with Gasteiger partial charge in [0, 0.05) is 44.0 Å². The maximum absolute atomic E-state index is 13.6. The van der Waals surface area contributed by atoms with Crippen molar-refractivity contribution < 1.29 is 36.9 Å². The Bertz CT molecular complexity index is 1350. The monoisotopic (exact) mass is 581 g/mol. The highest BCUT2D eigenvalue weighted by molar-refractivity contribution is 5.55. The molecule has 2 heterocycles. The maximum atomic E-state index is 13.6. The van der Waals surface area contributed by atoms with Gasteiger partial charge in [-0.2, -0.15) is 0 Å². The molecule has 0 unspecified atom stereocenters. The zero-order valence-electron chi connectivity index (χ0n) is 21.7. The summed E-state index contributed by atoms with van der Waals surface area (Å²) in [6.45, 7) is 5.10. The average molecular weight is 582 g/mol. The van der Waals surface area contributed by atoms with Crippen molar-refractivity contribution in [3.05, 3.63) is 98.1 Å². The lowest BCUT2D eigenvalue weighted by Crippen LogP contribution is -2.36. The first-order valence-corrected chi connectivity index (χ1v) is 12.3. The van der Waals surface area contributed by atoms with Gasteiger partial charge >= 0.3 is 0 Å². The third-order valence-electron chi connectivity index (χ3n) is 5.93. The van der Waals surface area contributed by atoms with Crippen LogP contribution in [0.4, 0.5) is 46.0 Å². The van der Waals surface area contributed by atoms with E-state index in [4.69, 9.17) is 15.2 Å². The van der Waals surface area contributed by atoms with Gasteiger partial charge in [-0.15, -0.1) is 0 Å². The summed E-state index contributed by atoms with van der Waals surface area (Å²) < 4.78 is 61.9. The molecule has 220 valence electrons. The van der Waals surface area contributed by atoms with Crippen molar-refractivity contribution in [2.24, 2.45) is 0 Å². The number of rotatable bonds is 4. The van der Waals surface area contributed by atoms with Crippen molar-refractivity contribution in [3.8, 4) is 0 Å². The third-order valence-corrected chi connectivity index (χ3v) is 5.93. The predicted molar refractivity (Wildman–Crippen MR) is 143 cm³/mol. The topological polar surface area (TPSA) is 137 Å². The lowest BCUT2D eigenvalue weighted by molar-refractivity contribution is -0.385. The van der Waals surface area contributed by atoms with Crippen molar-refractivity contribution in [3.63, 3.8) is 0 Å². The summed E-state index contributed by atoms with van der Waals surface area (Å²) in [5.41, 5.74) is 6.26. The zero-order valence-corrected chi connectivity index (χ0v) is 21.7. The Morgan fingerprint density at radius 2 is 1.02 bits per heavy atom. The van der Waals surface area contributed by atoms with Crippen LogP contribution in [0.2, 0.25) is 0 Å². The average Bonchev–Trinajstić information content (AvgIpc) is 2.96. The Balaban J connectivity index is 0.000000172. The van der Waals surface area contributed by atoms with Gasteiger partial charge in [0.2, 0.25) is 0 Å². The molecule has 0 atom stereocenters. The lowest BCUT2D eigenvalue weighted by Gasteiger charge is -2.29. The van der Waals surface area contributed by atoms with Crippen LogP contribution in [0.1, 0.15) is 0 Å². The molecular weight excluding hydrogens is 554 g/mol. The van der Waals surface area contributed by atoms with Gasteiger partial charge in [0.15, 0.2) is 17.5 Å². The number of non-ortho nitro benzene ring substituents is 2. The van der Waals surface area contributed by atoms with E-state index in [0.717, 1.165) is 25.2 Å². The molecule has 2 saturated heterocycles. The minimum absolute atomic E-state index is 0.227. The number of halogens is 4. The minimum Gasteiger partial charge on any atom is -0.399 e. The first-order chi connectivity index (χ1) is 19.6. The summed E-state index contributed by atoms with van der Waals surface area (Å²) in [5.74, 6) is -3.11. The molecule has 0 aliphatic carbocycles. The van der Waals surface area contributed by atoms with Crippen LogP contribution in [0.3, 0.4) is 0 Å². The molecule has 2 fully saturated rings. The van der Waals surface area contributed by atoms with Crippen LogP contribution in [-0.2, 0) is 9.47 Å². The van der Waals surface area contributed by atoms with E-state index in [1.54, 1.807) is 12.1 Å². The number of nitrogens with two attached hydrogens (primary N) is 1. The number of nitrogens with zero attached hydrogens (tertiary/aromatic N) is 4. The van der Waals surface area contributed by atoms with E-state index in [9.17, 15) is 37.8 Å². The predicted octanol–water partition coefficient (Wildman–Crippen LogP) is 4.69. The van der Waals surface area contributed by atoms with Crippen molar-refractivity contribution in [2.45, 2.75) is 0 Å². The number of benzene rings is 3. The highest BCUT2D eigenvalue weighted by atomic mass is 19.2. The van der Waals surface area contributed by atoms with E-state index in [1.165, 1.54) is 18.2 Å². The number of ether oxygens (including phenoxy) is 2. The fraction of sp³-hybridized carbons (Fsp3) is 0.308. The summed E-state index contributed by atoms with van der Waals surface area (Å²) in [6, 6.07) is 10.6. The Morgan fingerprint density at radius 3 is 1.44 bits per heavy atom. The number of nitro groups is 2. The van der Waals surface area contributed by atoms with Crippen molar-refractivity contribution in [1.29, 1.82) is 0 Å². The summed E-state index contributed by atoms with van der Waals surface area (Å²) >= 11 is 0. The molecule has 41 heavy (non-hydrogen) atoms. The SMILES string of the molecule is Nc1ccc(N2CCOCC2)c(F)c1.O=[N+]([O-])c1ccc(F)c(F)c1.O=[N+]([O-])c1ccc(N2CCOCC2)c(F)c1. The van der Waals surface area contributed by atoms with Gasteiger partial charge in [-0.05, 0) is 30.3 Å². The second-order valence-electron chi connectivity index (χ2n) is 8.66. The van der Waals surface area contributed by atoms with Gasteiger partial charge in [0.25, 0.3) is 11.4 Å². The maximum Gasteiger partial charge on any atom is 0.272 e. The molecule has 0 bridgehead atoms. The standard InChI is InChI=1S/C10H11FN2O3.C10H13FN2O.C6H3F2NO2/c11-9-7-8(13(14)15)1-2-10(9)12-3-5-16-6-4-12;11-9-7-8(12)1-2-10(9)13-3-5-14-6-4-13;7-5-2-1-4(9(10)11)3-6(5)8/h1-2,7H,3-6H2;1-2,7H,3-6,12H2;1-3H. The molecule has 3 aromatic carbocycles. The normalized spacial score (nSPS) is 14.7. The van der Waals surface area contributed by atoms with Crippen LogP contribution in [0.25, 0.3) is 0 Å². The van der Waals surface area contributed by atoms with Gasteiger partial charge in [0.1, 0.15) is 5.82 Å².